The third kappa shape index (κ3) is 4.45. The second kappa shape index (κ2) is 11.8. The van der Waals surface area contributed by atoms with Crippen molar-refractivity contribution in [1.82, 2.24) is 9.13 Å². The predicted octanol–water partition coefficient (Wildman–Crippen LogP) is 15.0. The summed E-state index contributed by atoms with van der Waals surface area (Å²) in [5.41, 5.74) is 15.2. The summed E-state index contributed by atoms with van der Waals surface area (Å²) in [5.74, 6) is 0. The lowest BCUT2D eigenvalue weighted by Gasteiger charge is -2.11. The molecule has 0 saturated heterocycles. The molecule has 4 heteroatoms. The molecule has 0 aliphatic carbocycles. The Bertz CT molecular complexity index is 3800. The monoisotopic (exact) mass is 740 g/mol. The van der Waals surface area contributed by atoms with Crippen molar-refractivity contribution in [3.63, 3.8) is 0 Å². The highest BCUT2D eigenvalue weighted by molar-refractivity contribution is 6.29. The Kier molecular flexibility index (Phi) is 6.41. The van der Waals surface area contributed by atoms with E-state index in [0.29, 0.717) is 0 Å². The van der Waals surface area contributed by atoms with Crippen LogP contribution in [0.5, 0.6) is 0 Å². The Morgan fingerprint density at radius 2 is 0.759 bits per heavy atom. The number of rotatable bonds is 4. The van der Waals surface area contributed by atoms with Crippen molar-refractivity contribution in [2.45, 2.75) is 0 Å². The van der Waals surface area contributed by atoms with Crippen molar-refractivity contribution in [1.29, 1.82) is 0 Å². The molecule has 0 bridgehead atoms. The summed E-state index contributed by atoms with van der Waals surface area (Å²) < 4.78 is 17.2. The van der Waals surface area contributed by atoms with Crippen LogP contribution in [0.25, 0.3) is 121 Å². The van der Waals surface area contributed by atoms with Crippen LogP contribution in [0.4, 0.5) is 0 Å². The lowest BCUT2D eigenvalue weighted by atomic mass is 10.0. The van der Waals surface area contributed by atoms with Crippen LogP contribution in [0.1, 0.15) is 0 Å². The van der Waals surface area contributed by atoms with Gasteiger partial charge in [0.15, 0.2) is 0 Å². The average molecular weight is 741 g/mol. The van der Waals surface area contributed by atoms with Crippen LogP contribution >= 0.6 is 0 Å². The van der Waals surface area contributed by atoms with E-state index in [9.17, 15) is 0 Å². The van der Waals surface area contributed by atoms with Crippen molar-refractivity contribution >= 4 is 87.5 Å². The SMILES string of the molecule is c1cc(-c2ccc3oc4ccccc4c3c2)cc(-n2c3ccccc3c3c4c5ccccc5n(-c5ccc(-c6ccc7c(c6)oc6ccccc67)cc5)c4ccc32)c1. The zero-order valence-corrected chi connectivity index (χ0v) is 31.2. The second-order valence-electron chi connectivity index (χ2n) is 15.3. The molecule has 0 aliphatic rings. The van der Waals surface area contributed by atoms with Crippen LogP contribution in [0.2, 0.25) is 0 Å². The summed E-state index contributed by atoms with van der Waals surface area (Å²) in [6.45, 7) is 0. The molecule has 4 heterocycles. The summed E-state index contributed by atoms with van der Waals surface area (Å²) in [5, 5.41) is 9.55. The van der Waals surface area contributed by atoms with Crippen molar-refractivity contribution < 1.29 is 8.83 Å². The number of nitrogens with zero attached hydrogens (tertiary/aromatic N) is 2. The van der Waals surface area contributed by atoms with Gasteiger partial charge in [0.2, 0.25) is 0 Å². The summed E-state index contributed by atoms with van der Waals surface area (Å²) in [7, 11) is 0. The fourth-order valence-electron chi connectivity index (χ4n) is 9.51. The van der Waals surface area contributed by atoms with Crippen LogP contribution in [-0.2, 0) is 0 Å². The maximum atomic E-state index is 6.23. The van der Waals surface area contributed by atoms with E-state index in [0.717, 1.165) is 77.5 Å². The van der Waals surface area contributed by atoms with Gasteiger partial charge in [-0.2, -0.15) is 0 Å². The molecule has 13 aromatic rings. The van der Waals surface area contributed by atoms with E-state index >= 15 is 0 Å². The molecule has 270 valence electrons. The van der Waals surface area contributed by atoms with Crippen molar-refractivity contribution in [3.8, 4) is 33.6 Å². The maximum absolute atomic E-state index is 6.23. The van der Waals surface area contributed by atoms with Gasteiger partial charge in [-0.05, 0) is 107 Å². The number of hydrogen-bond donors (Lipinski definition) is 0. The molecule has 0 atom stereocenters. The highest BCUT2D eigenvalue weighted by Crippen LogP contribution is 2.43. The topological polar surface area (TPSA) is 36.1 Å². The van der Waals surface area contributed by atoms with Gasteiger partial charge >= 0.3 is 0 Å². The highest BCUT2D eigenvalue weighted by atomic mass is 16.3. The molecule has 0 spiro atoms. The minimum Gasteiger partial charge on any atom is -0.456 e. The largest absolute Gasteiger partial charge is 0.456 e. The lowest BCUT2D eigenvalue weighted by molar-refractivity contribution is 0.668. The Morgan fingerprint density at radius 3 is 1.47 bits per heavy atom. The van der Waals surface area contributed by atoms with Crippen LogP contribution in [0.3, 0.4) is 0 Å². The number of furan rings is 2. The predicted molar refractivity (Wildman–Crippen MR) is 241 cm³/mol. The van der Waals surface area contributed by atoms with E-state index in [4.69, 9.17) is 8.83 Å². The fraction of sp³-hybridized carbons (Fsp3) is 0. The van der Waals surface area contributed by atoms with E-state index in [-0.39, 0.29) is 0 Å². The molecule has 0 fully saturated rings. The van der Waals surface area contributed by atoms with E-state index < -0.39 is 0 Å². The molecule has 13 rings (SSSR count). The molecule has 0 amide bonds. The molecule has 0 N–H and O–H groups in total. The Morgan fingerprint density at radius 1 is 0.259 bits per heavy atom. The van der Waals surface area contributed by atoms with Gasteiger partial charge in [-0.25, -0.2) is 0 Å². The molecule has 0 aliphatic heterocycles. The first kappa shape index (κ1) is 31.4. The van der Waals surface area contributed by atoms with E-state index in [1.807, 2.05) is 24.3 Å². The number of fused-ring (bicyclic) bond motifs is 13. The van der Waals surface area contributed by atoms with Gasteiger partial charge in [0.05, 0.1) is 22.1 Å². The van der Waals surface area contributed by atoms with Crippen molar-refractivity contribution in [3.05, 3.63) is 194 Å². The summed E-state index contributed by atoms with van der Waals surface area (Å²) in [6, 6.07) is 69.7. The summed E-state index contributed by atoms with van der Waals surface area (Å²) in [6.07, 6.45) is 0. The standard InChI is InChI=1S/C54H32N2O2/c1-5-16-45-42(14-1)53-47(55(45)37-24-20-33(21-25-37)36-22-26-41-39-12-3-7-18-49(39)58-52(41)32-36)27-28-48-54(53)43-15-2-6-17-46(43)56(48)38-11-9-10-34(30-38)35-23-29-51-44(31-35)40-13-4-8-19-50(40)57-51/h1-32H. The number of hydrogen-bond acceptors (Lipinski definition) is 2. The average Bonchev–Trinajstić information content (AvgIpc) is 4.03. The smallest absolute Gasteiger partial charge is 0.136 e. The van der Waals surface area contributed by atoms with E-state index in [1.165, 1.54) is 43.6 Å². The molecule has 4 aromatic heterocycles. The van der Waals surface area contributed by atoms with E-state index in [2.05, 4.69) is 179 Å². The fourth-order valence-corrected chi connectivity index (χ4v) is 9.51. The Balaban J connectivity index is 0.968. The van der Waals surface area contributed by atoms with Gasteiger partial charge in [0.1, 0.15) is 22.3 Å². The Labute approximate surface area is 332 Å². The zero-order valence-electron chi connectivity index (χ0n) is 31.2. The minimum absolute atomic E-state index is 0.906. The van der Waals surface area contributed by atoms with Gasteiger partial charge in [-0.1, -0.05) is 109 Å². The van der Waals surface area contributed by atoms with Gasteiger partial charge in [-0.3, -0.25) is 0 Å². The molecular weight excluding hydrogens is 709 g/mol. The minimum atomic E-state index is 0.906. The first-order chi connectivity index (χ1) is 28.7. The Hall–Kier alpha value is -7.82. The first-order valence-electron chi connectivity index (χ1n) is 19.7. The maximum Gasteiger partial charge on any atom is 0.136 e. The zero-order chi connectivity index (χ0) is 37.9. The van der Waals surface area contributed by atoms with Crippen LogP contribution in [0.15, 0.2) is 203 Å². The summed E-state index contributed by atoms with van der Waals surface area (Å²) >= 11 is 0. The van der Waals surface area contributed by atoms with Crippen LogP contribution in [-0.4, -0.2) is 9.13 Å². The highest BCUT2D eigenvalue weighted by Gasteiger charge is 2.21. The second-order valence-corrected chi connectivity index (χ2v) is 15.3. The normalized spacial score (nSPS) is 12.1. The number of para-hydroxylation sites is 4. The third-order valence-electron chi connectivity index (χ3n) is 12.1. The van der Waals surface area contributed by atoms with Crippen molar-refractivity contribution in [2.75, 3.05) is 0 Å². The lowest BCUT2D eigenvalue weighted by Crippen LogP contribution is -1.95. The molecular formula is C54H32N2O2. The van der Waals surface area contributed by atoms with Crippen LogP contribution < -0.4 is 0 Å². The molecule has 58 heavy (non-hydrogen) atoms. The van der Waals surface area contributed by atoms with Gasteiger partial charge in [-0.15, -0.1) is 0 Å². The quantitative estimate of drug-likeness (QED) is 0.180. The van der Waals surface area contributed by atoms with Gasteiger partial charge in [0, 0.05) is 54.5 Å². The van der Waals surface area contributed by atoms with Gasteiger partial charge < -0.3 is 18.0 Å². The number of benzene rings is 9. The third-order valence-corrected chi connectivity index (χ3v) is 12.1. The molecule has 9 aromatic carbocycles. The first-order valence-corrected chi connectivity index (χ1v) is 19.7. The number of aromatic nitrogens is 2. The molecule has 0 radical (unpaired) electrons. The van der Waals surface area contributed by atoms with Crippen molar-refractivity contribution in [2.24, 2.45) is 0 Å². The molecule has 4 nitrogen and oxygen atoms in total. The summed E-state index contributed by atoms with van der Waals surface area (Å²) in [4.78, 5) is 0. The molecule has 0 saturated carbocycles. The van der Waals surface area contributed by atoms with Crippen LogP contribution in [0, 0.1) is 0 Å². The van der Waals surface area contributed by atoms with E-state index in [1.54, 1.807) is 0 Å². The molecule has 0 unspecified atom stereocenters. The van der Waals surface area contributed by atoms with Gasteiger partial charge in [0.25, 0.3) is 0 Å².